The van der Waals surface area contributed by atoms with Gasteiger partial charge in [0.1, 0.15) is 0 Å². The van der Waals surface area contributed by atoms with Crippen molar-refractivity contribution in [3.05, 3.63) is 0 Å². The molecule has 0 aromatic carbocycles. The van der Waals surface area contributed by atoms with E-state index in [0.717, 1.165) is 19.0 Å². The summed E-state index contributed by atoms with van der Waals surface area (Å²) in [4.78, 5) is 0. The second-order valence-electron chi connectivity index (χ2n) is 5.33. The third-order valence-electron chi connectivity index (χ3n) is 3.73. The van der Waals surface area contributed by atoms with E-state index < -0.39 is 0 Å². The Morgan fingerprint density at radius 2 is 1.93 bits per heavy atom. The normalized spacial score (nSPS) is 20.0. The fraction of sp³-hybridized carbons (Fsp3) is 1.00. The highest BCUT2D eigenvalue weighted by atomic mass is 14.9. The summed E-state index contributed by atoms with van der Waals surface area (Å²) in [5.41, 5.74) is 5.72. The van der Waals surface area contributed by atoms with Crippen LogP contribution in [0, 0.1) is 11.8 Å². The Hall–Kier alpha value is -0.0800. The average Bonchev–Trinajstić information content (AvgIpc) is 2.70. The van der Waals surface area contributed by atoms with Gasteiger partial charge in [0, 0.05) is 12.6 Å². The van der Waals surface area contributed by atoms with Crippen molar-refractivity contribution in [1.29, 1.82) is 0 Å². The molecule has 1 unspecified atom stereocenters. The van der Waals surface area contributed by atoms with Crippen molar-refractivity contribution in [2.45, 2.75) is 58.4 Å². The molecule has 0 amide bonds. The van der Waals surface area contributed by atoms with Crippen molar-refractivity contribution < 1.29 is 0 Å². The molecular formula is C13H28N2. The average molecular weight is 212 g/mol. The highest BCUT2D eigenvalue weighted by Gasteiger charge is 2.14. The Bertz CT molecular complexity index is 151. The minimum Gasteiger partial charge on any atom is -0.329 e. The molecule has 1 rings (SSSR count). The summed E-state index contributed by atoms with van der Waals surface area (Å²) in [7, 11) is 0. The summed E-state index contributed by atoms with van der Waals surface area (Å²) in [6.45, 7) is 6.39. The molecule has 90 valence electrons. The summed E-state index contributed by atoms with van der Waals surface area (Å²) < 4.78 is 0. The van der Waals surface area contributed by atoms with Crippen LogP contribution < -0.4 is 11.1 Å². The highest BCUT2D eigenvalue weighted by molar-refractivity contribution is 4.72. The lowest BCUT2D eigenvalue weighted by Gasteiger charge is -2.20. The number of hydrogen-bond donors (Lipinski definition) is 2. The Kier molecular flexibility index (Phi) is 6.26. The summed E-state index contributed by atoms with van der Waals surface area (Å²) in [6, 6.07) is 0.508. The highest BCUT2D eigenvalue weighted by Crippen LogP contribution is 2.28. The Labute approximate surface area is 95.0 Å². The molecule has 1 aliphatic carbocycles. The maximum atomic E-state index is 5.72. The van der Waals surface area contributed by atoms with Gasteiger partial charge in [-0.3, -0.25) is 0 Å². The van der Waals surface area contributed by atoms with Gasteiger partial charge in [-0.15, -0.1) is 0 Å². The SMILES string of the molecule is CC(C)C(CN)NCCCC1CCCC1. The van der Waals surface area contributed by atoms with E-state index in [1.54, 1.807) is 0 Å². The van der Waals surface area contributed by atoms with Gasteiger partial charge in [0.2, 0.25) is 0 Å². The quantitative estimate of drug-likeness (QED) is 0.636. The van der Waals surface area contributed by atoms with E-state index in [2.05, 4.69) is 19.2 Å². The smallest absolute Gasteiger partial charge is 0.0213 e. The van der Waals surface area contributed by atoms with Gasteiger partial charge in [0.25, 0.3) is 0 Å². The zero-order valence-corrected chi connectivity index (χ0v) is 10.5. The first-order valence-electron chi connectivity index (χ1n) is 6.67. The molecule has 0 spiro atoms. The summed E-state index contributed by atoms with van der Waals surface area (Å²) in [5.74, 6) is 1.68. The zero-order valence-electron chi connectivity index (χ0n) is 10.5. The predicted octanol–water partition coefficient (Wildman–Crippen LogP) is 2.53. The van der Waals surface area contributed by atoms with Crippen LogP contribution in [0.25, 0.3) is 0 Å². The number of nitrogens with one attached hydrogen (secondary N) is 1. The van der Waals surface area contributed by atoms with Crippen LogP contribution in [-0.4, -0.2) is 19.1 Å². The lowest BCUT2D eigenvalue weighted by molar-refractivity contribution is 0.388. The largest absolute Gasteiger partial charge is 0.329 e. The maximum Gasteiger partial charge on any atom is 0.0213 e. The second kappa shape index (κ2) is 7.24. The van der Waals surface area contributed by atoms with Crippen LogP contribution in [0.15, 0.2) is 0 Å². The lowest BCUT2D eigenvalue weighted by Crippen LogP contribution is -2.40. The lowest BCUT2D eigenvalue weighted by atomic mass is 10.0. The molecule has 0 heterocycles. The predicted molar refractivity (Wildman–Crippen MR) is 66.9 cm³/mol. The zero-order chi connectivity index (χ0) is 11.1. The fourth-order valence-electron chi connectivity index (χ4n) is 2.57. The molecule has 1 atom stereocenters. The van der Waals surface area contributed by atoms with E-state index in [1.807, 2.05) is 0 Å². The molecule has 0 aromatic heterocycles. The topological polar surface area (TPSA) is 38.0 Å². The molecule has 2 nitrogen and oxygen atoms in total. The standard InChI is InChI=1S/C13H28N2/c1-11(2)13(10-14)15-9-5-8-12-6-3-4-7-12/h11-13,15H,3-10,14H2,1-2H3. The van der Waals surface area contributed by atoms with Crippen LogP contribution in [0.1, 0.15) is 52.4 Å². The third-order valence-corrected chi connectivity index (χ3v) is 3.73. The van der Waals surface area contributed by atoms with Crippen molar-refractivity contribution in [2.24, 2.45) is 17.6 Å². The third kappa shape index (κ3) is 4.98. The van der Waals surface area contributed by atoms with E-state index >= 15 is 0 Å². The Morgan fingerprint density at radius 3 is 2.47 bits per heavy atom. The van der Waals surface area contributed by atoms with Crippen molar-refractivity contribution in [3.63, 3.8) is 0 Å². The Balaban J connectivity index is 1.99. The molecule has 0 bridgehead atoms. The first-order chi connectivity index (χ1) is 7.24. The van der Waals surface area contributed by atoms with E-state index in [1.165, 1.54) is 38.5 Å². The van der Waals surface area contributed by atoms with Gasteiger partial charge in [-0.1, -0.05) is 39.5 Å². The number of hydrogen-bond acceptors (Lipinski definition) is 2. The molecule has 1 aliphatic rings. The van der Waals surface area contributed by atoms with Gasteiger partial charge in [-0.05, 0) is 31.2 Å². The Morgan fingerprint density at radius 1 is 1.27 bits per heavy atom. The molecule has 1 fully saturated rings. The van der Waals surface area contributed by atoms with Crippen molar-refractivity contribution in [3.8, 4) is 0 Å². The second-order valence-corrected chi connectivity index (χ2v) is 5.33. The van der Waals surface area contributed by atoms with Gasteiger partial charge < -0.3 is 11.1 Å². The van der Waals surface area contributed by atoms with E-state index in [-0.39, 0.29) is 0 Å². The minimum atomic E-state index is 0.508. The van der Waals surface area contributed by atoms with Crippen LogP contribution in [0.2, 0.25) is 0 Å². The molecule has 2 heteroatoms. The van der Waals surface area contributed by atoms with Crippen LogP contribution in [0.5, 0.6) is 0 Å². The van der Waals surface area contributed by atoms with Gasteiger partial charge in [-0.2, -0.15) is 0 Å². The van der Waals surface area contributed by atoms with Crippen molar-refractivity contribution in [2.75, 3.05) is 13.1 Å². The first-order valence-corrected chi connectivity index (χ1v) is 6.67. The van der Waals surface area contributed by atoms with Crippen LogP contribution in [0.3, 0.4) is 0 Å². The molecule has 0 radical (unpaired) electrons. The molecule has 1 saturated carbocycles. The van der Waals surface area contributed by atoms with Crippen LogP contribution in [0.4, 0.5) is 0 Å². The molecular weight excluding hydrogens is 184 g/mol. The van der Waals surface area contributed by atoms with Crippen LogP contribution in [-0.2, 0) is 0 Å². The maximum absolute atomic E-state index is 5.72. The van der Waals surface area contributed by atoms with Crippen molar-refractivity contribution in [1.82, 2.24) is 5.32 Å². The molecule has 0 aromatic rings. The van der Waals surface area contributed by atoms with E-state index in [0.29, 0.717) is 12.0 Å². The van der Waals surface area contributed by atoms with Gasteiger partial charge in [0.15, 0.2) is 0 Å². The first kappa shape index (κ1) is 13.0. The van der Waals surface area contributed by atoms with Crippen LogP contribution >= 0.6 is 0 Å². The molecule has 0 aliphatic heterocycles. The summed E-state index contributed by atoms with van der Waals surface area (Å²) in [5, 5.41) is 3.57. The summed E-state index contributed by atoms with van der Waals surface area (Å²) >= 11 is 0. The number of rotatable bonds is 7. The van der Waals surface area contributed by atoms with Gasteiger partial charge >= 0.3 is 0 Å². The molecule has 0 saturated heterocycles. The van der Waals surface area contributed by atoms with Gasteiger partial charge in [0.05, 0.1) is 0 Å². The van der Waals surface area contributed by atoms with Crippen molar-refractivity contribution >= 4 is 0 Å². The van der Waals surface area contributed by atoms with E-state index in [9.17, 15) is 0 Å². The van der Waals surface area contributed by atoms with Gasteiger partial charge in [-0.25, -0.2) is 0 Å². The number of nitrogens with two attached hydrogens (primary N) is 1. The molecule has 15 heavy (non-hydrogen) atoms. The summed E-state index contributed by atoms with van der Waals surface area (Å²) in [6.07, 6.45) is 8.64. The minimum absolute atomic E-state index is 0.508. The fourth-order valence-corrected chi connectivity index (χ4v) is 2.57. The monoisotopic (exact) mass is 212 g/mol. The van der Waals surface area contributed by atoms with E-state index in [4.69, 9.17) is 5.73 Å². The molecule has 3 N–H and O–H groups in total.